The first-order valence-corrected chi connectivity index (χ1v) is 8.92. The molecule has 1 heterocycles. The molecule has 2 atom stereocenters. The average molecular weight is 351 g/mol. The van der Waals surface area contributed by atoms with Crippen LogP contribution in [0.4, 0.5) is 0 Å². The van der Waals surface area contributed by atoms with E-state index in [9.17, 15) is 9.90 Å². The Kier molecular flexibility index (Phi) is 4.77. The number of hydrogen-bond acceptors (Lipinski definition) is 5. The SMILES string of the molecule is O=c1c2ccccc2nnn1C[C@H](O)CO[C@@H]1CCCc2ccccc21. The molecular weight excluding hydrogens is 330 g/mol. The molecule has 4 rings (SSSR count). The maximum Gasteiger partial charge on any atom is 0.277 e. The molecular formula is C20H21N3O3. The fraction of sp³-hybridized carbons (Fsp3) is 0.350. The third-order valence-corrected chi connectivity index (χ3v) is 4.82. The van der Waals surface area contributed by atoms with Crippen molar-refractivity contribution >= 4 is 10.9 Å². The molecule has 1 aliphatic rings. The summed E-state index contributed by atoms with van der Waals surface area (Å²) in [6.07, 6.45) is 2.26. The predicted molar refractivity (Wildman–Crippen MR) is 97.9 cm³/mol. The fourth-order valence-corrected chi connectivity index (χ4v) is 3.50. The molecule has 0 spiro atoms. The Bertz CT molecular complexity index is 970. The molecule has 0 fully saturated rings. The van der Waals surface area contributed by atoms with Gasteiger partial charge in [-0.1, -0.05) is 41.6 Å². The van der Waals surface area contributed by atoms with Gasteiger partial charge in [0.05, 0.1) is 30.7 Å². The fourth-order valence-electron chi connectivity index (χ4n) is 3.50. The van der Waals surface area contributed by atoms with Gasteiger partial charge in [-0.05, 0) is 42.5 Å². The predicted octanol–water partition coefficient (Wildman–Crippen LogP) is 2.25. The second kappa shape index (κ2) is 7.35. The lowest BCUT2D eigenvalue weighted by atomic mass is 9.89. The number of hydrogen-bond donors (Lipinski definition) is 1. The molecule has 26 heavy (non-hydrogen) atoms. The molecule has 0 saturated carbocycles. The zero-order chi connectivity index (χ0) is 17.9. The van der Waals surface area contributed by atoms with Crippen LogP contribution in [-0.4, -0.2) is 32.8 Å². The van der Waals surface area contributed by atoms with Crippen molar-refractivity contribution in [3.63, 3.8) is 0 Å². The van der Waals surface area contributed by atoms with E-state index in [0.29, 0.717) is 10.9 Å². The third kappa shape index (κ3) is 3.38. The van der Waals surface area contributed by atoms with E-state index in [-0.39, 0.29) is 24.8 Å². The highest BCUT2D eigenvalue weighted by Crippen LogP contribution is 2.32. The summed E-state index contributed by atoms with van der Waals surface area (Å²) in [5.74, 6) is 0. The normalized spacial score (nSPS) is 17.8. The molecule has 134 valence electrons. The van der Waals surface area contributed by atoms with Crippen molar-refractivity contribution in [2.24, 2.45) is 0 Å². The van der Waals surface area contributed by atoms with Crippen molar-refractivity contribution < 1.29 is 9.84 Å². The standard InChI is InChI=1S/C20H21N3O3/c24-15(12-23-20(25)17-9-3-4-10-18(17)21-22-23)13-26-19-11-5-7-14-6-1-2-8-16(14)19/h1-4,6,8-10,15,19,24H,5,7,11-13H2/t15-,19+/m0/s1. The van der Waals surface area contributed by atoms with Crippen molar-refractivity contribution in [3.8, 4) is 0 Å². The lowest BCUT2D eigenvalue weighted by Gasteiger charge is -2.26. The molecule has 0 bridgehead atoms. The summed E-state index contributed by atoms with van der Waals surface area (Å²) in [4.78, 5) is 12.4. The Morgan fingerprint density at radius 1 is 1.19 bits per heavy atom. The van der Waals surface area contributed by atoms with Gasteiger partial charge in [0.2, 0.25) is 0 Å². The van der Waals surface area contributed by atoms with Crippen molar-refractivity contribution in [1.29, 1.82) is 0 Å². The number of aliphatic hydroxyl groups excluding tert-OH is 1. The maximum atomic E-state index is 12.4. The molecule has 0 aliphatic heterocycles. The van der Waals surface area contributed by atoms with Crippen LogP contribution < -0.4 is 5.56 Å². The average Bonchev–Trinajstić information content (AvgIpc) is 2.69. The van der Waals surface area contributed by atoms with Gasteiger partial charge < -0.3 is 9.84 Å². The molecule has 2 aromatic carbocycles. The van der Waals surface area contributed by atoms with Crippen LogP contribution in [-0.2, 0) is 17.7 Å². The summed E-state index contributed by atoms with van der Waals surface area (Å²) in [5, 5.41) is 18.8. The van der Waals surface area contributed by atoms with Gasteiger partial charge in [-0.25, -0.2) is 4.68 Å². The first-order valence-electron chi connectivity index (χ1n) is 8.92. The van der Waals surface area contributed by atoms with Crippen LogP contribution in [0.2, 0.25) is 0 Å². The lowest BCUT2D eigenvalue weighted by Crippen LogP contribution is -2.32. The number of aryl methyl sites for hydroxylation is 1. The molecule has 6 nitrogen and oxygen atoms in total. The maximum absolute atomic E-state index is 12.4. The van der Waals surface area contributed by atoms with Crippen LogP contribution in [0.15, 0.2) is 53.3 Å². The van der Waals surface area contributed by atoms with Gasteiger partial charge in [-0.15, -0.1) is 5.10 Å². The van der Waals surface area contributed by atoms with Crippen LogP contribution >= 0.6 is 0 Å². The van der Waals surface area contributed by atoms with Gasteiger partial charge in [0.15, 0.2) is 0 Å². The van der Waals surface area contributed by atoms with Crippen LogP contribution in [0, 0.1) is 0 Å². The van der Waals surface area contributed by atoms with Crippen LogP contribution in [0.1, 0.15) is 30.1 Å². The zero-order valence-corrected chi connectivity index (χ0v) is 14.4. The number of aliphatic hydroxyl groups is 1. The summed E-state index contributed by atoms with van der Waals surface area (Å²) in [5.41, 5.74) is 2.82. The van der Waals surface area contributed by atoms with Gasteiger partial charge in [0.1, 0.15) is 5.52 Å². The smallest absolute Gasteiger partial charge is 0.277 e. The summed E-state index contributed by atoms with van der Waals surface area (Å²) < 4.78 is 7.16. The topological polar surface area (TPSA) is 77.2 Å². The van der Waals surface area contributed by atoms with Gasteiger partial charge >= 0.3 is 0 Å². The van der Waals surface area contributed by atoms with E-state index in [4.69, 9.17) is 4.74 Å². The minimum absolute atomic E-state index is 0.00555. The minimum atomic E-state index is -0.822. The van der Waals surface area contributed by atoms with E-state index in [1.54, 1.807) is 18.2 Å². The molecule has 1 N–H and O–H groups in total. The third-order valence-electron chi connectivity index (χ3n) is 4.82. The zero-order valence-electron chi connectivity index (χ0n) is 14.4. The van der Waals surface area contributed by atoms with E-state index in [0.717, 1.165) is 19.3 Å². The number of nitrogens with zero attached hydrogens (tertiary/aromatic N) is 3. The van der Waals surface area contributed by atoms with Crippen molar-refractivity contribution in [1.82, 2.24) is 15.0 Å². The highest BCUT2D eigenvalue weighted by atomic mass is 16.5. The van der Waals surface area contributed by atoms with E-state index in [2.05, 4.69) is 22.4 Å². The molecule has 6 heteroatoms. The monoisotopic (exact) mass is 351 g/mol. The molecule has 0 unspecified atom stereocenters. The summed E-state index contributed by atoms with van der Waals surface area (Å²) >= 11 is 0. The Balaban J connectivity index is 1.43. The van der Waals surface area contributed by atoms with E-state index in [1.807, 2.05) is 18.2 Å². The van der Waals surface area contributed by atoms with Crippen LogP contribution in [0.5, 0.6) is 0 Å². The molecule has 1 aliphatic carbocycles. The van der Waals surface area contributed by atoms with Gasteiger partial charge in [0, 0.05) is 0 Å². The van der Waals surface area contributed by atoms with Crippen molar-refractivity contribution in [2.75, 3.05) is 6.61 Å². The largest absolute Gasteiger partial charge is 0.389 e. The summed E-state index contributed by atoms with van der Waals surface area (Å²) in [6, 6.07) is 15.3. The highest BCUT2D eigenvalue weighted by Gasteiger charge is 2.21. The van der Waals surface area contributed by atoms with Gasteiger partial charge in [-0.3, -0.25) is 4.79 Å². The minimum Gasteiger partial charge on any atom is -0.389 e. The number of ether oxygens (including phenoxy) is 1. The first-order chi connectivity index (χ1) is 12.7. The van der Waals surface area contributed by atoms with E-state index >= 15 is 0 Å². The number of rotatable bonds is 5. The van der Waals surface area contributed by atoms with E-state index < -0.39 is 6.10 Å². The second-order valence-electron chi connectivity index (χ2n) is 6.66. The van der Waals surface area contributed by atoms with Gasteiger partial charge in [0.25, 0.3) is 5.56 Å². The van der Waals surface area contributed by atoms with Crippen LogP contribution in [0.25, 0.3) is 10.9 Å². The van der Waals surface area contributed by atoms with Crippen LogP contribution in [0.3, 0.4) is 0 Å². The quantitative estimate of drug-likeness (QED) is 0.763. The molecule has 3 aromatic rings. The Labute approximate surface area is 151 Å². The Morgan fingerprint density at radius 3 is 2.92 bits per heavy atom. The number of fused-ring (bicyclic) bond motifs is 2. The summed E-state index contributed by atoms with van der Waals surface area (Å²) in [7, 11) is 0. The Morgan fingerprint density at radius 2 is 2.00 bits per heavy atom. The first kappa shape index (κ1) is 16.9. The molecule has 0 saturated heterocycles. The lowest BCUT2D eigenvalue weighted by molar-refractivity contribution is -0.0241. The van der Waals surface area contributed by atoms with Crippen molar-refractivity contribution in [2.45, 2.75) is 38.0 Å². The molecule has 1 aromatic heterocycles. The number of aromatic nitrogens is 3. The summed E-state index contributed by atoms with van der Waals surface area (Å²) in [6.45, 7) is 0.213. The Hall–Kier alpha value is -2.57. The second-order valence-corrected chi connectivity index (χ2v) is 6.66. The van der Waals surface area contributed by atoms with Crippen molar-refractivity contribution in [3.05, 3.63) is 70.0 Å². The molecule has 0 amide bonds. The van der Waals surface area contributed by atoms with Gasteiger partial charge in [-0.2, -0.15) is 0 Å². The van der Waals surface area contributed by atoms with E-state index in [1.165, 1.54) is 15.8 Å². The molecule has 0 radical (unpaired) electrons. The highest BCUT2D eigenvalue weighted by molar-refractivity contribution is 5.76. The number of benzene rings is 2.